The Morgan fingerprint density at radius 1 is 1.31 bits per heavy atom. The van der Waals surface area contributed by atoms with Crippen LogP contribution in [0.2, 0.25) is 5.02 Å². The number of halogens is 1. The van der Waals surface area contributed by atoms with Crippen molar-refractivity contribution < 1.29 is 9.90 Å². The summed E-state index contributed by atoms with van der Waals surface area (Å²) in [6, 6.07) is 6.48. The number of nitrogens with one attached hydrogen (secondary N) is 1. The Labute approximate surface area is 154 Å². The fraction of sp³-hybridized carbons (Fsp3) is 0.167. The highest BCUT2D eigenvalue weighted by Gasteiger charge is 2.30. The van der Waals surface area contributed by atoms with Gasteiger partial charge in [-0.2, -0.15) is 0 Å². The van der Waals surface area contributed by atoms with Gasteiger partial charge in [-0.25, -0.2) is 9.97 Å². The molecule has 0 radical (unpaired) electrons. The van der Waals surface area contributed by atoms with Gasteiger partial charge in [0.15, 0.2) is 0 Å². The van der Waals surface area contributed by atoms with Gasteiger partial charge in [0, 0.05) is 42.5 Å². The highest BCUT2D eigenvalue weighted by atomic mass is 35.5. The first-order valence-electron chi connectivity index (χ1n) is 8.04. The minimum atomic E-state index is -0.162. The van der Waals surface area contributed by atoms with Crippen LogP contribution in [0.15, 0.2) is 30.5 Å². The molecule has 0 fully saturated rings. The minimum absolute atomic E-state index is 0.0227. The number of phenolic OH excluding ortho intramolecular Hbond substituents is 1. The lowest BCUT2D eigenvalue weighted by Crippen LogP contribution is -2.32. The monoisotopic (exact) mass is 369 g/mol. The van der Waals surface area contributed by atoms with Crippen LogP contribution in [0.4, 0.5) is 5.95 Å². The maximum Gasteiger partial charge on any atom is 0.253 e. The number of phenols is 1. The van der Waals surface area contributed by atoms with Crippen LogP contribution in [0.5, 0.6) is 5.75 Å². The van der Waals surface area contributed by atoms with E-state index in [9.17, 15) is 9.90 Å². The van der Waals surface area contributed by atoms with E-state index >= 15 is 0 Å². The van der Waals surface area contributed by atoms with Crippen LogP contribution in [-0.4, -0.2) is 32.1 Å². The number of benzene rings is 1. The van der Waals surface area contributed by atoms with Gasteiger partial charge < -0.3 is 20.7 Å². The largest absolute Gasteiger partial charge is 0.508 e. The first-order chi connectivity index (χ1) is 12.5. The van der Waals surface area contributed by atoms with Gasteiger partial charge in [-0.1, -0.05) is 11.6 Å². The molecule has 0 spiro atoms. The lowest BCUT2D eigenvalue weighted by atomic mass is 9.96. The molecule has 1 amide bonds. The number of nitrogens with zero attached hydrogens (tertiary/aromatic N) is 3. The second-order valence-electron chi connectivity index (χ2n) is 6.11. The van der Waals surface area contributed by atoms with Crippen LogP contribution in [0.1, 0.15) is 16.1 Å². The molecule has 0 saturated carbocycles. The summed E-state index contributed by atoms with van der Waals surface area (Å²) in [6.45, 7) is 0.565. The zero-order chi connectivity index (χ0) is 18.4. The van der Waals surface area contributed by atoms with Crippen LogP contribution in [0.3, 0.4) is 0 Å². The number of carbonyl (C=O) groups is 1. The highest BCUT2D eigenvalue weighted by Crippen LogP contribution is 2.41. The summed E-state index contributed by atoms with van der Waals surface area (Å²) in [5.41, 5.74) is 9.84. The zero-order valence-electron chi connectivity index (χ0n) is 14.0. The summed E-state index contributed by atoms with van der Waals surface area (Å²) in [5.74, 6) is 0.00470. The van der Waals surface area contributed by atoms with Crippen LogP contribution in [0.25, 0.3) is 22.5 Å². The smallest absolute Gasteiger partial charge is 0.253 e. The topological polar surface area (TPSA) is 106 Å². The number of carbonyl (C=O) groups excluding carboxylic acids is 1. The number of aromatic nitrogens is 3. The quantitative estimate of drug-likeness (QED) is 0.643. The van der Waals surface area contributed by atoms with Crippen molar-refractivity contribution in [2.75, 3.05) is 12.3 Å². The van der Waals surface area contributed by atoms with E-state index in [0.717, 1.165) is 11.4 Å². The number of rotatable bonds is 2. The van der Waals surface area contributed by atoms with E-state index in [-0.39, 0.29) is 17.6 Å². The van der Waals surface area contributed by atoms with E-state index in [4.69, 9.17) is 17.3 Å². The van der Waals surface area contributed by atoms with Gasteiger partial charge in [0.05, 0.1) is 17.0 Å². The van der Waals surface area contributed by atoms with Gasteiger partial charge in [0.1, 0.15) is 5.75 Å². The molecular weight excluding hydrogens is 354 g/mol. The number of fused-ring (bicyclic) bond motifs is 1. The van der Waals surface area contributed by atoms with E-state index in [1.807, 2.05) is 11.6 Å². The van der Waals surface area contributed by atoms with Crippen LogP contribution in [0, 0.1) is 0 Å². The predicted molar refractivity (Wildman–Crippen MR) is 99.0 cm³/mol. The highest BCUT2D eigenvalue weighted by molar-refractivity contribution is 6.31. The number of amides is 1. The normalized spacial score (nSPS) is 13.4. The predicted octanol–water partition coefficient (Wildman–Crippen LogP) is 2.38. The Morgan fingerprint density at radius 2 is 2.12 bits per heavy atom. The van der Waals surface area contributed by atoms with Crippen molar-refractivity contribution in [3.05, 3.63) is 46.7 Å². The molecule has 3 heterocycles. The van der Waals surface area contributed by atoms with Crippen LogP contribution in [-0.2, 0) is 13.5 Å². The van der Waals surface area contributed by atoms with Gasteiger partial charge in [0.2, 0.25) is 5.95 Å². The first kappa shape index (κ1) is 16.4. The lowest BCUT2D eigenvalue weighted by molar-refractivity contribution is 0.0946. The summed E-state index contributed by atoms with van der Waals surface area (Å²) in [4.78, 5) is 20.9. The van der Waals surface area contributed by atoms with E-state index in [2.05, 4.69) is 15.3 Å². The minimum Gasteiger partial charge on any atom is -0.508 e. The third-order valence-electron chi connectivity index (χ3n) is 4.48. The van der Waals surface area contributed by atoms with Crippen molar-refractivity contribution in [1.82, 2.24) is 19.9 Å². The van der Waals surface area contributed by atoms with Crippen molar-refractivity contribution in [2.45, 2.75) is 6.42 Å². The van der Waals surface area contributed by atoms with Crippen LogP contribution < -0.4 is 11.1 Å². The molecule has 1 aromatic carbocycles. The average molecular weight is 370 g/mol. The maximum atomic E-state index is 12.6. The number of nitrogen functional groups attached to an aromatic ring is 1. The fourth-order valence-electron chi connectivity index (χ4n) is 3.46. The Hall–Kier alpha value is -3.06. The number of hydrogen-bond acceptors (Lipinski definition) is 5. The fourth-order valence-corrected chi connectivity index (χ4v) is 3.69. The molecule has 1 aliphatic rings. The molecule has 0 saturated heterocycles. The molecule has 4 rings (SSSR count). The Kier molecular flexibility index (Phi) is 3.81. The van der Waals surface area contributed by atoms with Gasteiger partial charge in [0.25, 0.3) is 5.91 Å². The van der Waals surface area contributed by atoms with Gasteiger partial charge in [-0.3, -0.25) is 4.79 Å². The average Bonchev–Trinajstić information content (AvgIpc) is 2.88. The SMILES string of the molecule is Cn1c2c(c(-c3cc(O)cc(Cl)c3)c1-c1ccnc(N)n1)C(=O)NCC2. The molecule has 26 heavy (non-hydrogen) atoms. The van der Waals surface area contributed by atoms with Gasteiger partial charge >= 0.3 is 0 Å². The molecule has 2 aromatic heterocycles. The van der Waals surface area contributed by atoms with Crippen LogP contribution >= 0.6 is 11.6 Å². The van der Waals surface area contributed by atoms with E-state index in [1.165, 1.54) is 6.07 Å². The second kappa shape index (κ2) is 6.03. The molecule has 8 heteroatoms. The number of anilines is 1. The molecule has 7 nitrogen and oxygen atoms in total. The van der Waals surface area contributed by atoms with Crippen molar-refractivity contribution in [3.63, 3.8) is 0 Å². The molecule has 132 valence electrons. The molecule has 3 aromatic rings. The summed E-state index contributed by atoms with van der Waals surface area (Å²) < 4.78 is 1.95. The summed E-state index contributed by atoms with van der Waals surface area (Å²) >= 11 is 6.14. The molecule has 0 unspecified atom stereocenters. The van der Waals surface area contributed by atoms with Crippen molar-refractivity contribution in [2.24, 2.45) is 7.05 Å². The molecule has 4 N–H and O–H groups in total. The molecule has 0 atom stereocenters. The second-order valence-corrected chi connectivity index (χ2v) is 6.54. The van der Waals surface area contributed by atoms with E-state index in [1.54, 1.807) is 24.4 Å². The molecule has 0 aliphatic carbocycles. The zero-order valence-corrected chi connectivity index (χ0v) is 14.7. The molecule has 0 bridgehead atoms. The van der Waals surface area contributed by atoms with Gasteiger partial charge in [-0.05, 0) is 29.8 Å². The van der Waals surface area contributed by atoms with Crippen molar-refractivity contribution >= 4 is 23.5 Å². The van der Waals surface area contributed by atoms with Crippen molar-refractivity contribution in [3.8, 4) is 28.3 Å². The molecular formula is C18H16ClN5O2. The Bertz CT molecular complexity index is 1020. The Balaban J connectivity index is 2.09. The summed E-state index contributed by atoms with van der Waals surface area (Å²) in [6.07, 6.45) is 2.26. The Morgan fingerprint density at radius 3 is 2.85 bits per heavy atom. The third-order valence-corrected chi connectivity index (χ3v) is 4.70. The van der Waals surface area contributed by atoms with Crippen molar-refractivity contribution in [1.29, 1.82) is 0 Å². The third kappa shape index (κ3) is 2.57. The molecule has 1 aliphatic heterocycles. The number of nitrogens with two attached hydrogens (primary N) is 1. The van der Waals surface area contributed by atoms with Gasteiger partial charge in [-0.15, -0.1) is 0 Å². The van der Waals surface area contributed by atoms with E-state index in [0.29, 0.717) is 40.4 Å². The standard InChI is InChI=1S/C18H16ClN5O2/c1-24-13-3-5-21-17(26)15(13)14(9-6-10(19)8-11(25)7-9)16(24)12-2-4-22-18(20)23-12/h2,4,6-8,25H,3,5H2,1H3,(H,21,26)(H2,20,22,23). The summed E-state index contributed by atoms with van der Waals surface area (Å²) in [7, 11) is 1.89. The van der Waals surface area contributed by atoms with E-state index < -0.39 is 0 Å². The number of hydrogen-bond donors (Lipinski definition) is 3. The first-order valence-corrected chi connectivity index (χ1v) is 8.42. The number of aromatic hydroxyl groups is 1. The summed E-state index contributed by atoms with van der Waals surface area (Å²) in [5, 5.41) is 13.3. The maximum absolute atomic E-state index is 12.6. The lowest BCUT2D eigenvalue weighted by Gasteiger charge is -2.15.